The number of likely N-dealkylation sites (tertiary alicyclic amines) is 1. The van der Waals surface area contributed by atoms with Gasteiger partial charge in [-0.05, 0) is 44.2 Å². The fraction of sp³-hybridized carbons (Fsp3) is 0.650. The lowest BCUT2D eigenvalue weighted by Gasteiger charge is -2.48. The first kappa shape index (κ1) is 16.9. The molecular weight excluding hydrogens is 318 g/mol. The molecule has 5 nitrogen and oxygen atoms in total. The summed E-state index contributed by atoms with van der Waals surface area (Å²) in [4.78, 5) is 14.9. The van der Waals surface area contributed by atoms with Crippen LogP contribution in [0.4, 0.5) is 0 Å². The van der Waals surface area contributed by atoms with Crippen molar-refractivity contribution in [1.82, 2.24) is 4.90 Å². The van der Waals surface area contributed by atoms with E-state index in [9.17, 15) is 15.0 Å². The molecule has 25 heavy (non-hydrogen) atoms. The van der Waals surface area contributed by atoms with Gasteiger partial charge in [0, 0.05) is 31.3 Å². The number of Topliss-reactive ketones (excluding diaryl/α,β-unsaturated/α-hetero) is 1. The van der Waals surface area contributed by atoms with E-state index in [1.807, 2.05) is 12.2 Å². The maximum Gasteiger partial charge on any atom is 0.173 e. The molecule has 2 saturated heterocycles. The summed E-state index contributed by atoms with van der Waals surface area (Å²) < 4.78 is 5.83. The molecule has 5 atom stereocenters. The third-order valence-corrected chi connectivity index (χ3v) is 6.48. The number of carbonyl (C=O) groups is 1. The minimum atomic E-state index is -0.842. The van der Waals surface area contributed by atoms with Gasteiger partial charge in [-0.15, -0.1) is 6.58 Å². The predicted molar refractivity (Wildman–Crippen MR) is 93.9 cm³/mol. The topological polar surface area (TPSA) is 70.0 Å². The second-order valence-electron chi connectivity index (χ2n) is 7.93. The van der Waals surface area contributed by atoms with Crippen molar-refractivity contribution >= 4 is 5.78 Å². The van der Waals surface area contributed by atoms with Crippen molar-refractivity contribution in [1.29, 1.82) is 0 Å². The average molecular weight is 345 g/mol. The van der Waals surface area contributed by atoms with Crippen LogP contribution >= 0.6 is 0 Å². The molecule has 2 aliphatic heterocycles. The Labute approximate surface area is 148 Å². The number of aliphatic hydroxyl groups is 2. The Hall–Kier alpha value is -1.59. The second kappa shape index (κ2) is 6.29. The van der Waals surface area contributed by atoms with E-state index in [4.69, 9.17) is 4.74 Å². The Morgan fingerprint density at radius 1 is 1.40 bits per heavy atom. The van der Waals surface area contributed by atoms with E-state index in [-0.39, 0.29) is 29.4 Å². The SMILES string of the molecule is C=CCN1CCC[C@@]2(O)CCC(=O)[C@H]3CC4C(=C(O)C=CC4C[C@@H]12)O3. The van der Waals surface area contributed by atoms with Gasteiger partial charge in [-0.2, -0.15) is 0 Å². The Morgan fingerprint density at radius 2 is 2.24 bits per heavy atom. The van der Waals surface area contributed by atoms with E-state index in [1.165, 1.54) is 0 Å². The van der Waals surface area contributed by atoms with E-state index in [0.29, 0.717) is 25.0 Å². The maximum atomic E-state index is 12.6. The first-order chi connectivity index (χ1) is 12.0. The third kappa shape index (κ3) is 2.83. The highest BCUT2D eigenvalue weighted by Gasteiger charge is 2.49. The molecule has 0 aromatic heterocycles. The summed E-state index contributed by atoms with van der Waals surface area (Å²) in [6.07, 6.45) is 9.07. The van der Waals surface area contributed by atoms with Gasteiger partial charge < -0.3 is 14.9 Å². The normalized spacial score (nSPS) is 41.2. The van der Waals surface area contributed by atoms with Crippen molar-refractivity contribution in [2.45, 2.75) is 56.3 Å². The van der Waals surface area contributed by atoms with Crippen molar-refractivity contribution in [3.05, 3.63) is 36.3 Å². The fourth-order valence-corrected chi connectivity index (χ4v) is 5.17. The predicted octanol–water partition coefficient (Wildman–Crippen LogP) is 2.48. The smallest absolute Gasteiger partial charge is 0.173 e. The van der Waals surface area contributed by atoms with Gasteiger partial charge in [-0.1, -0.05) is 12.2 Å². The van der Waals surface area contributed by atoms with Crippen LogP contribution < -0.4 is 0 Å². The number of nitrogens with zero attached hydrogens (tertiary/aromatic N) is 1. The molecule has 4 rings (SSSR count). The first-order valence-corrected chi connectivity index (χ1v) is 9.40. The first-order valence-electron chi connectivity index (χ1n) is 9.40. The molecule has 0 aromatic rings. The molecule has 5 heteroatoms. The molecule has 0 radical (unpaired) electrons. The number of hydrogen-bond donors (Lipinski definition) is 2. The number of aliphatic hydroxyl groups excluding tert-OH is 1. The van der Waals surface area contributed by atoms with Crippen LogP contribution in [0.25, 0.3) is 0 Å². The molecule has 2 aliphatic carbocycles. The number of ether oxygens (including phenoxy) is 1. The fourth-order valence-electron chi connectivity index (χ4n) is 5.17. The highest BCUT2D eigenvalue weighted by Crippen LogP contribution is 2.46. The van der Waals surface area contributed by atoms with Gasteiger partial charge in [0.05, 0.1) is 5.60 Å². The number of fused-ring (bicyclic) bond motifs is 2. The molecule has 1 saturated carbocycles. The number of piperidine rings is 1. The van der Waals surface area contributed by atoms with Crippen LogP contribution in [0.3, 0.4) is 0 Å². The monoisotopic (exact) mass is 345 g/mol. The number of rotatable bonds is 2. The van der Waals surface area contributed by atoms with Crippen LogP contribution in [0.15, 0.2) is 36.3 Å². The molecule has 136 valence electrons. The molecular formula is C20H27NO4. The third-order valence-electron chi connectivity index (χ3n) is 6.48. The van der Waals surface area contributed by atoms with E-state index in [2.05, 4.69) is 11.5 Å². The van der Waals surface area contributed by atoms with E-state index in [0.717, 1.165) is 32.4 Å². The Bertz CT molecular complexity index is 640. The zero-order chi connectivity index (χ0) is 17.6. The average Bonchev–Trinajstić information content (AvgIpc) is 3.04. The quantitative estimate of drug-likeness (QED) is 0.753. The van der Waals surface area contributed by atoms with E-state index in [1.54, 1.807) is 6.08 Å². The Morgan fingerprint density at radius 3 is 3.04 bits per heavy atom. The highest BCUT2D eigenvalue weighted by atomic mass is 16.5. The lowest BCUT2D eigenvalue weighted by Crippen LogP contribution is -2.58. The molecule has 0 amide bonds. The van der Waals surface area contributed by atoms with Gasteiger partial charge in [0.1, 0.15) is 5.76 Å². The van der Waals surface area contributed by atoms with Crippen LogP contribution in [0.2, 0.25) is 0 Å². The number of allylic oxidation sites excluding steroid dienone is 3. The Balaban J connectivity index is 1.70. The zero-order valence-electron chi connectivity index (χ0n) is 14.6. The Kier molecular flexibility index (Phi) is 4.24. The van der Waals surface area contributed by atoms with Crippen LogP contribution in [-0.4, -0.2) is 51.7 Å². The van der Waals surface area contributed by atoms with Crippen molar-refractivity contribution in [3.63, 3.8) is 0 Å². The molecule has 2 bridgehead atoms. The van der Waals surface area contributed by atoms with Crippen LogP contribution in [0.1, 0.15) is 38.5 Å². The summed E-state index contributed by atoms with van der Waals surface area (Å²) in [5, 5.41) is 21.6. The van der Waals surface area contributed by atoms with Gasteiger partial charge in [0.2, 0.25) is 0 Å². The van der Waals surface area contributed by atoms with Crippen molar-refractivity contribution < 1.29 is 19.7 Å². The molecule has 0 spiro atoms. The molecule has 0 aromatic carbocycles. The van der Waals surface area contributed by atoms with Gasteiger partial charge in [0.15, 0.2) is 17.6 Å². The zero-order valence-corrected chi connectivity index (χ0v) is 14.6. The molecule has 4 aliphatic rings. The maximum absolute atomic E-state index is 12.6. The van der Waals surface area contributed by atoms with Crippen LogP contribution in [0, 0.1) is 11.8 Å². The largest absolute Gasteiger partial charge is 0.504 e. The number of hydrogen-bond acceptors (Lipinski definition) is 5. The minimum absolute atomic E-state index is 0.000317. The van der Waals surface area contributed by atoms with E-state index >= 15 is 0 Å². The summed E-state index contributed by atoms with van der Waals surface area (Å²) >= 11 is 0. The number of carbonyl (C=O) groups excluding carboxylic acids is 1. The molecule has 2 unspecified atom stereocenters. The summed E-state index contributed by atoms with van der Waals surface area (Å²) in [6.45, 7) is 5.55. The summed E-state index contributed by atoms with van der Waals surface area (Å²) in [5.41, 5.74) is -0.842. The highest BCUT2D eigenvalue weighted by molar-refractivity contribution is 5.83. The molecule has 3 fully saturated rings. The summed E-state index contributed by atoms with van der Waals surface area (Å²) in [5.74, 6) is 0.973. The number of ketones is 1. The van der Waals surface area contributed by atoms with Gasteiger partial charge in [-0.3, -0.25) is 9.69 Å². The van der Waals surface area contributed by atoms with Crippen LogP contribution in [-0.2, 0) is 9.53 Å². The van der Waals surface area contributed by atoms with Gasteiger partial charge in [-0.25, -0.2) is 0 Å². The van der Waals surface area contributed by atoms with E-state index < -0.39 is 11.7 Å². The van der Waals surface area contributed by atoms with Crippen molar-refractivity contribution in [2.24, 2.45) is 11.8 Å². The van der Waals surface area contributed by atoms with Crippen molar-refractivity contribution in [3.8, 4) is 0 Å². The lowest BCUT2D eigenvalue weighted by molar-refractivity contribution is -0.131. The standard InChI is InChI=1S/C20H27NO4/c1-2-9-21-10-3-7-20(24)8-6-15(22)17-12-14-13(11-18(20)21)4-5-16(23)19(14)25-17/h2,4-5,13-14,17-18,23-24H,1,3,6-12H2/t13?,14?,17-,18-,20-/m1/s1. The minimum Gasteiger partial charge on any atom is -0.504 e. The molecule has 2 N–H and O–H groups in total. The van der Waals surface area contributed by atoms with Crippen LogP contribution in [0.5, 0.6) is 0 Å². The second-order valence-corrected chi connectivity index (χ2v) is 7.93. The summed E-state index contributed by atoms with van der Waals surface area (Å²) in [6, 6.07) is 0.000317. The lowest BCUT2D eigenvalue weighted by atomic mass is 9.71. The van der Waals surface area contributed by atoms with Gasteiger partial charge >= 0.3 is 0 Å². The molecule has 2 heterocycles. The summed E-state index contributed by atoms with van der Waals surface area (Å²) in [7, 11) is 0. The van der Waals surface area contributed by atoms with Crippen molar-refractivity contribution in [2.75, 3.05) is 13.1 Å². The van der Waals surface area contributed by atoms with Gasteiger partial charge in [0.25, 0.3) is 0 Å².